The fraction of sp³-hybridized carbons (Fsp3) is 0.667. The standard InChI is InChI=1S/C12H22N4O/c1-8-6-10(16(5)15-8)14-11(17)7-9(13)12(2,3)4/h6,9H,7,13H2,1-5H3,(H,14,17). The molecule has 0 radical (unpaired) electrons. The summed E-state index contributed by atoms with van der Waals surface area (Å²) in [5.74, 6) is 0.629. The first-order valence-electron chi connectivity index (χ1n) is 5.76. The largest absolute Gasteiger partial charge is 0.327 e. The Balaban J connectivity index is 2.59. The number of carbonyl (C=O) groups excluding carboxylic acids is 1. The number of nitrogens with two attached hydrogens (primary N) is 1. The zero-order valence-electron chi connectivity index (χ0n) is 11.2. The second kappa shape index (κ2) is 4.87. The average Bonchev–Trinajstić information content (AvgIpc) is 2.43. The van der Waals surface area contributed by atoms with Crippen LogP contribution in [-0.2, 0) is 11.8 Å². The van der Waals surface area contributed by atoms with E-state index in [1.54, 1.807) is 11.7 Å². The molecule has 1 aromatic rings. The van der Waals surface area contributed by atoms with Gasteiger partial charge in [0.05, 0.1) is 5.69 Å². The molecule has 1 heterocycles. The van der Waals surface area contributed by atoms with E-state index in [0.29, 0.717) is 12.2 Å². The minimum atomic E-state index is -0.156. The molecule has 1 rings (SSSR count). The molecule has 0 spiro atoms. The van der Waals surface area contributed by atoms with E-state index in [0.717, 1.165) is 5.69 Å². The van der Waals surface area contributed by atoms with Crippen LogP contribution in [0.15, 0.2) is 6.07 Å². The van der Waals surface area contributed by atoms with Gasteiger partial charge in [-0.05, 0) is 12.3 Å². The van der Waals surface area contributed by atoms with E-state index in [-0.39, 0.29) is 17.4 Å². The number of carbonyl (C=O) groups is 1. The van der Waals surface area contributed by atoms with Crippen LogP contribution in [0.5, 0.6) is 0 Å². The molecule has 0 aliphatic rings. The summed E-state index contributed by atoms with van der Waals surface area (Å²) in [6, 6.07) is 1.68. The predicted molar refractivity (Wildman–Crippen MR) is 68.6 cm³/mol. The Hall–Kier alpha value is -1.36. The Bertz CT molecular complexity index is 403. The lowest BCUT2D eigenvalue weighted by atomic mass is 9.85. The first kappa shape index (κ1) is 13.7. The molecular formula is C12H22N4O. The third-order valence-electron chi connectivity index (χ3n) is 2.79. The Morgan fingerprint density at radius 2 is 2.18 bits per heavy atom. The maximum absolute atomic E-state index is 11.8. The van der Waals surface area contributed by atoms with Crippen molar-refractivity contribution in [2.75, 3.05) is 5.32 Å². The van der Waals surface area contributed by atoms with Gasteiger partial charge in [-0.25, -0.2) is 0 Å². The van der Waals surface area contributed by atoms with Gasteiger partial charge in [-0.1, -0.05) is 20.8 Å². The molecule has 5 heteroatoms. The molecule has 96 valence electrons. The maximum Gasteiger partial charge on any atom is 0.227 e. The lowest BCUT2D eigenvalue weighted by molar-refractivity contribution is -0.117. The van der Waals surface area contributed by atoms with Gasteiger partial charge < -0.3 is 11.1 Å². The molecule has 1 amide bonds. The van der Waals surface area contributed by atoms with Crippen molar-refractivity contribution in [3.8, 4) is 0 Å². The summed E-state index contributed by atoms with van der Waals surface area (Å²) in [4.78, 5) is 11.8. The number of hydrogen-bond donors (Lipinski definition) is 2. The summed E-state index contributed by atoms with van der Waals surface area (Å²) in [6.45, 7) is 7.97. The Morgan fingerprint density at radius 1 is 1.59 bits per heavy atom. The maximum atomic E-state index is 11.8. The van der Waals surface area contributed by atoms with Gasteiger partial charge in [0.25, 0.3) is 0 Å². The molecule has 0 bridgehead atoms. The van der Waals surface area contributed by atoms with Crippen molar-refractivity contribution in [2.24, 2.45) is 18.2 Å². The summed E-state index contributed by atoms with van der Waals surface area (Å²) < 4.78 is 1.65. The van der Waals surface area contributed by atoms with E-state index >= 15 is 0 Å². The van der Waals surface area contributed by atoms with Crippen LogP contribution >= 0.6 is 0 Å². The minimum Gasteiger partial charge on any atom is -0.327 e. The van der Waals surface area contributed by atoms with Gasteiger partial charge in [0, 0.05) is 25.6 Å². The van der Waals surface area contributed by atoms with Crippen molar-refractivity contribution in [2.45, 2.75) is 40.2 Å². The number of anilines is 1. The molecule has 0 aliphatic carbocycles. The number of aryl methyl sites for hydroxylation is 2. The van der Waals surface area contributed by atoms with Gasteiger partial charge >= 0.3 is 0 Å². The quantitative estimate of drug-likeness (QED) is 0.836. The Morgan fingerprint density at radius 3 is 2.59 bits per heavy atom. The number of rotatable bonds is 3. The van der Waals surface area contributed by atoms with Gasteiger partial charge in [0.1, 0.15) is 5.82 Å². The van der Waals surface area contributed by atoms with Gasteiger partial charge in [0.2, 0.25) is 5.91 Å². The van der Waals surface area contributed by atoms with E-state index < -0.39 is 0 Å². The molecule has 1 aromatic heterocycles. The second-order valence-electron chi connectivity index (χ2n) is 5.52. The zero-order chi connectivity index (χ0) is 13.2. The highest BCUT2D eigenvalue weighted by molar-refractivity contribution is 5.90. The van der Waals surface area contributed by atoms with E-state index in [9.17, 15) is 4.79 Å². The highest BCUT2D eigenvalue weighted by Gasteiger charge is 2.23. The number of aromatic nitrogens is 2. The van der Waals surface area contributed by atoms with Crippen LogP contribution in [0.25, 0.3) is 0 Å². The third-order valence-corrected chi connectivity index (χ3v) is 2.79. The molecule has 17 heavy (non-hydrogen) atoms. The molecule has 1 atom stereocenters. The third kappa shape index (κ3) is 3.85. The molecule has 0 aromatic carbocycles. The van der Waals surface area contributed by atoms with Crippen molar-refractivity contribution in [3.05, 3.63) is 11.8 Å². The molecule has 0 saturated carbocycles. The fourth-order valence-electron chi connectivity index (χ4n) is 1.43. The average molecular weight is 238 g/mol. The molecular weight excluding hydrogens is 216 g/mol. The molecule has 1 unspecified atom stereocenters. The zero-order valence-corrected chi connectivity index (χ0v) is 11.2. The highest BCUT2D eigenvalue weighted by Crippen LogP contribution is 2.20. The summed E-state index contributed by atoms with van der Waals surface area (Å²) in [5, 5.41) is 6.98. The van der Waals surface area contributed by atoms with Crippen LogP contribution in [0, 0.1) is 12.3 Å². The predicted octanol–water partition coefficient (Wildman–Crippen LogP) is 1.43. The van der Waals surface area contributed by atoms with Crippen LogP contribution in [0.4, 0.5) is 5.82 Å². The number of hydrogen-bond acceptors (Lipinski definition) is 3. The van der Waals surface area contributed by atoms with Gasteiger partial charge in [-0.3, -0.25) is 9.48 Å². The van der Waals surface area contributed by atoms with Crippen LogP contribution in [-0.4, -0.2) is 21.7 Å². The molecule has 0 aliphatic heterocycles. The van der Waals surface area contributed by atoms with Crippen molar-refractivity contribution in [1.29, 1.82) is 0 Å². The Kier molecular flexibility index (Phi) is 3.93. The van der Waals surface area contributed by atoms with Gasteiger partial charge in [-0.2, -0.15) is 5.10 Å². The molecule has 5 nitrogen and oxygen atoms in total. The van der Waals surface area contributed by atoms with E-state index in [2.05, 4.69) is 10.4 Å². The number of amides is 1. The SMILES string of the molecule is Cc1cc(NC(=O)CC(N)C(C)(C)C)n(C)n1. The summed E-state index contributed by atoms with van der Waals surface area (Å²) in [5.41, 5.74) is 6.77. The van der Waals surface area contributed by atoms with Gasteiger partial charge in [0.15, 0.2) is 0 Å². The lowest BCUT2D eigenvalue weighted by Gasteiger charge is -2.26. The molecule has 3 N–H and O–H groups in total. The summed E-state index contributed by atoms with van der Waals surface area (Å²) >= 11 is 0. The van der Waals surface area contributed by atoms with E-state index in [1.807, 2.05) is 33.8 Å². The minimum absolute atomic E-state index is 0.0697. The van der Waals surface area contributed by atoms with E-state index in [4.69, 9.17) is 5.73 Å². The normalized spacial score (nSPS) is 13.5. The molecule has 0 saturated heterocycles. The van der Waals surface area contributed by atoms with E-state index in [1.165, 1.54) is 0 Å². The number of nitrogens with one attached hydrogen (secondary N) is 1. The second-order valence-corrected chi connectivity index (χ2v) is 5.52. The summed E-state index contributed by atoms with van der Waals surface area (Å²) in [7, 11) is 1.80. The topological polar surface area (TPSA) is 72.9 Å². The van der Waals surface area contributed by atoms with Crippen LogP contribution < -0.4 is 11.1 Å². The first-order valence-corrected chi connectivity index (χ1v) is 5.76. The van der Waals surface area contributed by atoms with Crippen LogP contribution in [0.1, 0.15) is 32.9 Å². The number of nitrogens with zero attached hydrogens (tertiary/aromatic N) is 2. The summed E-state index contributed by atoms with van der Waals surface area (Å²) in [6.07, 6.45) is 0.313. The Labute approximate surface area is 102 Å². The van der Waals surface area contributed by atoms with Crippen molar-refractivity contribution in [1.82, 2.24) is 9.78 Å². The molecule has 0 fully saturated rings. The van der Waals surface area contributed by atoms with Crippen molar-refractivity contribution in [3.63, 3.8) is 0 Å². The van der Waals surface area contributed by atoms with Crippen molar-refractivity contribution < 1.29 is 4.79 Å². The smallest absolute Gasteiger partial charge is 0.227 e. The lowest BCUT2D eigenvalue weighted by Crippen LogP contribution is -2.38. The first-order chi connectivity index (χ1) is 7.70. The highest BCUT2D eigenvalue weighted by atomic mass is 16.1. The van der Waals surface area contributed by atoms with Crippen LogP contribution in [0.2, 0.25) is 0 Å². The fourth-order valence-corrected chi connectivity index (χ4v) is 1.43. The van der Waals surface area contributed by atoms with Crippen molar-refractivity contribution >= 4 is 11.7 Å². The monoisotopic (exact) mass is 238 g/mol. The van der Waals surface area contributed by atoms with Crippen LogP contribution in [0.3, 0.4) is 0 Å². The van der Waals surface area contributed by atoms with Gasteiger partial charge in [-0.15, -0.1) is 0 Å².